The van der Waals surface area contributed by atoms with E-state index in [0.717, 1.165) is 0 Å². The summed E-state index contributed by atoms with van der Waals surface area (Å²) in [6, 6.07) is 0. The normalized spacial score (nSPS) is 14.7. The Bertz CT molecular complexity index is 440. The fourth-order valence-electron chi connectivity index (χ4n) is 1.12. The van der Waals surface area contributed by atoms with Crippen molar-refractivity contribution in [3.05, 3.63) is 12.2 Å². The van der Waals surface area contributed by atoms with Crippen molar-refractivity contribution in [2.75, 3.05) is 0 Å². The van der Waals surface area contributed by atoms with Crippen LogP contribution in [0.25, 0.3) is 0 Å². The number of rotatable bonds is 3. The van der Waals surface area contributed by atoms with Gasteiger partial charge in [0, 0.05) is 5.57 Å². The molecule has 0 bridgehead atoms. The molecule has 0 saturated heterocycles. The molecule has 2 nitrogen and oxygen atoms in total. The van der Waals surface area contributed by atoms with E-state index >= 15 is 0 Å². The molecule has 0 aliphatic carbocycles. The Kier molecular flexibility index (Phi) is 4.89. The molecule has 0 unspecified atom stereocenters. The van der Waals surface area contributed by atoms with Crippen molar-refractivity contribution in [1.82, 2.24) is 0 Å². The first-order valence-corrected chi connectivity index (χ1v) is 4.79. The molecule has 0 spiro atoms. The van der Waals surface area contributed by atoms with Crippen LogP contribution in [-0.2, 0) is 9.53 Å². The summed E-state index contributed by atoms with van der Waals surface area (Å²) in [5.41, 5.74) is -8.36. The fourth-order valence-corrected chi connectivity index (χ4v) is 1.12. The van der Waals surface area contributed by atoms with E-state index in [-0.39, 0.29) is 0 Å². The van der Waals surface area contributed by atoms with Crippen LogP contribution in [-0.4, -0.2) is 36.0 Å². The molecule has 0 amide bonds. The molecular formula is C9H5F11O2. The van der Waals surface area contributed by atoms with Gasteiger partial charge < -0.3 is 4.74 Å². The zero-order valence-corrected chi connectivity index (χ0v) is 10.2. The molecule has 13 heteroatoms. The lowest BCUT2D eigenvalue weighted by molar-refractivity contribution is -0.462. The lowest BCUT2D eigenvalue weighted by atomic mass is 9.92. The molecular weight excluding hydrogens is 349 g/mol. The monoisotopic (exact) mass is 354 g/mol. The van der Waals surface area contributed by atoms with Crippen LogP contribution < -0.4 is 0 Å². The number of alkyl halides is 11. The number of carbonyl (C=O) groups is 1. The summed E-state index contributed by atoms with van der Waals surface area (Å²) < 4.78 is 140. The standard InChI is InChI=1S/C9H5F11O2/c1-3(2)4(21)22-5(7(12,13)14,8(15,16)17)6(10,11)9(18,19)20/h1H2,2H3. The second-order valence-electron chi connectivity index (χ2n) is 3.92. The SMILES string of the molecule is C=C(C)C(=O)OC(C(F)(F)F)(C(F)(F)F)C(F)(F)C(F)(F)F. The minimum atomic E-state index is -7.50. The van der Waals surface area contributed by atoms with Gasteiger partial charge in [0.05, 0.1) is 0 Å². The highest BCUT2D eigenvalue weighted by Gasteiger charge is 2.92. The minimum absolute atomic E-state index is 0.450. The predicted octanol–water partition coefficient (Wildman–Crippen LogP) is 4.17. The molecule has 0 aromatic heterocycles. The summed E-state index contributed by atoms with van der Waals surface area (Å²) in [5, 5.41) is 0. The predicted molar refractivity (Wildman–Crippen MR) is 46.7 cm³/mol. The van der Waals surface area contributed by atoms with Gasteiger partial charge in [-0.3, -0.25) is 0 Å². The van der Waals surface area contributed by atoms with Crippen molar-refractivity contribution >= 4 is 5.97 Å². The van der Waals surface area contributed by atoms with Gasteiger partial charge in [-0.05, 0) is 6.92 Å². The lowest BCUT2D eigenvalue weighted by Gasteiger charge is -2.41. The van der Waals surface area contributed by atoms with Crippen LogP contribution >= 0.6 is 0 Å². The molecule has 0 N–H and O–H groups in total. The van der Waals surface area contributed by atoms with Gasteiger partial charge in [0.25, 0.3) is 0 Å². The molecule has 0 fully saturated rings. The quantitative estimate of drug-likeness (QED) is 0.432. The third-order valence-corrected chi connectivity index (χ3v) is 2.19. The molecule has 0 saturated carbocycles. The summed E-state index contributed by atoms with van der Waals surface area (Å²) in [4.78, 5) is 10.8. The Morgan fingerprint density at radius 2 is 1.09 bits per heavy atom. The highest BCUT2D eigenvalue weighted by Crippen LogP contribution is 2.59. The zero-order valence-electron chi connectivity index (χ0n) is 10.2. The van der Waals surface area contributed by atoms with Crippen LogP contribution in [0.2, 0.25) is 0 Å². The first-order chi connectivity index (χ1) is 9.33. The van der Waals surface area contributed by atoms with Crippen molar-refractivity contribution in [2.24, 2.45) is 0 Å². The van der Waals surface area contributed by atoms with Crippen LogP contribution in [0, 0.1) is 0 Å². The molecule has 0 atom stereocenters. The van der Waals surface area contributed by atoms with Crippen LogP contribution in [0.15, 0.2) is 12.2 Å². The highest BCUT2D eigenvalue weighted by molar-refractivity contribution is 5.87. The number of ether oxygens (including phenoxy) is 1. The Labute approximate surface area is 114 Å². The maximum atomic E-state index is 13.0. The van der Waals surface area contributed by atoms with E-state index in [1.54, 1.807) is 0 Å². The van der Waals surface area contributed by atoms with Crippen LogP contribution in [0.1, 0.15) is 6.92 Å². The van der Waals surface area contributed by atoms with Gasteiger partial charge in [0.15, 0.2) is 0 Å². The molecule has 22 heavy (non-hydrogen) atoms. The molecule has 0 aromatic carbocycles. The summed E-state index contributed by atoms with van der Waals surface area (Å²) >= 11 is 0. The average molecular weight is 354 g/mol. The maximum absolute atomic E-state index is 13.0. The second-order valence-corrected chi connectivity index (χ2v) is 3.92. The number of hydrogen-bond acceptors (Lipinski definition) is 2. The maximum Gasteiger partial charge on any atom is 0.458 e. The summed E-state index contributed by atoms with van der Waals surface area (Å²) in [6.07, 6.45) is -22.0. The molecule has 0 rings (SSSR count). The van der Waals surface area contributed by atoms with E-state index < -0.39 is 41.6 Å². The molecule has 0 radical (unpaired) electrons. The van der Waals surface area contributed by atoms with E-state index in [1.807, 2.05) is 0 Å². The van der Waals surface area contributed by atoms with Gasteiger partial charge in [-0.15, -0.1) is 0 Å². The van der Waals surface area contributed by atoms with Gasteiger partial charge in [0.1, 0.15) is 0 Å². The third-order valence-electron chi connectivity index (χ3n) is 2.19. The van der Waals surface area contributed by atoms with Crippen molar-refractivity contribution in [2.45, 2.75) is 37.0 Å². The van der Waals surface area contributed by atoms with E-state index in [2.05, 4.69) is 11.3 Å². The van der Waals surface area contributed by atoms with Crippen molar-refractivity contribution in [1.29, 1.82) is 0 Å². The van der Waals surface area contributed by atoms with Gasteiger partial charge in [-0.25, -0.2) is 4.79 Å². The number of halogens is 11. The van der Waals surface area contributed by atoms with E-state index in [9.17, 15) is 53.1 Å². The minimum Gasteiger partial charge on any atom is -0.430 e. The third kappa shape index (κ3) is 2.97. The van der Waals surface area contributed by atoms with Crippen molar-refractivity contribution < 1.29 is 57.8 Å². The summed E-state index contributed by atoms with van der Waals surface area (Å²) in [7, 11) is 0. The lowest BCUT2D eigenvalue weighted by Crippen LogP contribution is -2.73. The Morgan fingerprint density at radius 3 is 1.27 bits per heavy atom. The fraction of sp³-hybridized carbons (Fsp3) is 0.667. The van der Waals surface area contributed by atoms with Gasteiger partial charge in [-0.1, -0.05) is 6.58 Å². The number of esters is 1. The van der Waals surface area contributed by atoms with E-state index in [1.165, 1.54) is 0 Å². The topological polar surface area (TPSA) is 26.3 Å². The Balaban J connectivity index is 6.65. The van der Waals surface area contributed by atoms with E-state index in [4.69, 9.17) is 0 Å². The number of carbonyl (C=O) groups excluding carboxylic acids is 1. The molecule has 130 valence electrons. The molecule has 0 aliphatic heterocycles. The van der Waals surface area contributed by atoms with Gasteiger partial charge in [-0.2, -0.15) is 48.3 Å². The van der Waals surface area contributed by atoms with Gasteiger partial charge >= 0.3 is 36.0 Å². The van der Waals surface area contributed by atoms with Crippen LogP contribution in [0.3, 0.4) is 0 Å². The smallest absolute Gasteiger partial charge is 0.430 e. The summed E-state index contributed by atoms with van der Waals surface area (Å²) in [6.45, 7) is 2.96. The summed E-state index contributed by atoms with van der Waals surface area (Å²) in [5.74, 6) is -10.2. The Morgan fingerprint density at radius 1 is 0.773 bits per heavy atom. The second kappa shape index (κ2) is 5.26. The average Bonchev–Trinajstić information content (AvgIpc) is 2.19. The molecule has 0 aromatic rings. The highest BCUT2D eigenvalue weighted by atomic mass is 19.4. The molecule has 0 heterocycles. The first-order valence-electron chi connectivity index (χ1n) is 4.79. The van der Waals surface area contributed by atoms with Crippen LogP contribution in [0.4, 0.5) is 48.3 Å². The zero-order chi connectivity index (χ0) is 18.4. The van der Waals surface area contributed by atoms with Crippen LogP contribution in [0.5, 0.6) is 0 Å². The van der Waals surface area contributed by atoms with Gasteiger partial charge in [0.2, 0.25) is 0 Å². The largest absolute Gasteiger partial charge is 0.458 e. The molecule has 0 aliphatic rings. The van der Waals surface area contributed by atoms with E-state index in [0.29, 0.717) is 6.92 Å². The Hall–Kier alpha value is -1.56. The first kappa shape index (κ1) is 20.4. The van der Waals surface area contributed by atoms with Crippen molar-refractivity contribution in [3.63, 3.8) is 0 Å². The number of hydrogen-bond donors (Lipinski definition) is 0. The van der Waals surface area contributed by atoms with Crippen molar-refractivity contribution in [3.8, 4) is 0 Å².